The van der Waals surface area contributed by atoms with Crippen molar-refractivity contribution in [3.8, 4) is 0 Å². The normalized spacial score (nSPS) is 16.5. The lowest BCUT2D eigenvalue weighted by Crippen LogP contribution is -2.07. The first-order chi connectivity index (χ1) is 15.9. The molecule has 5 nitrogen and oxygen atoms in total. The van der Waals surface area contributed by atoms with Crippen LogP contribution in [0.15, 0.2) is 59.8 Å². The fraction of sp³-hybridized carbons (Fsp3) is 0.250. The summed E-state index contributed by atoms with van der Waals surface area (Å²) < 4.78 is 2.29. The van der Waals surface area contributed by atoms with Gasteiger partial charge in [-0.3, -0.25) is 4.79 Å². The molecule has 0 fully saturated rings. The van der Waals surface area contributed by atoms with E-state index in [4.69, 9.17) is 4.84 Å². The van der Waals surface area contributed by atoms with Gasteiger partial charge in [0.1, 0.15) is 0 Å². The van der Waals surface area contributed by atoms with Crippen LogP contribution >= 0.6 is 0 Å². The number of carbonyl (C=O) groups is 2. The van der Waals surface area contributed by atoms with Gasteiger partial charge in [0.15, 0.2) is 5.78 Å². The van der Waals surface area contributed by atoms with Gasteiger partial charge in [0, 0.05) is 57.9 Å². The number of fused-ring (bicyclic) bond motifs is 5. The summed E-state index contributed by atoms with van der Waals surface area (Å²) in [6, 6.07) is 17.9. The molecule has 5 heteroatoms. The molecule has 0 saturated heterocycles. The topological polar surface area (TPSA) is 60.7 Å². The lowest BCUT2D eigenvalue weighted by molar-refractivity contribution is -0.140. The quantitative estimate of drug-likeness (QED) is 0.229. The Balaban J connectivity index is 1.74. The second kappa shape index (κ2) is 8.00. The van der Waals surface area contributed by atoms with Crippen LogP contribution in [-0.4, -0.2) is 22.0 Å². The van der Waals surface area contributed by atoms with Gasteiger partial charge in [-0.25, -0.2) is 4.79 Å². The molecule has 4 aromatic rings. The summed E-state index contributed by atoms with van der Waals surface area (Å²) in [5, 5.41) is 6.39. The minimum absolute atomic E-state index is 0.0328. The number of hydrogen-bond acceptors (Lipinski definition) is 4. The maximum absolute atomic E-state index is 13.3. The Hall–Kier alpha value is -3.73. The molecule has 1 aliphatic carbocycles. The number of aryl methyl sites for hydroxylation is 2. The average Bonchev–Trinajstić information content (AvgIpc) is 3.30. The predicted molar refractivity (Wildman–Crippen MR) is 131 cm³/mol. The summed E-state index contributed by atoms with van der Waals surface area (Å²) in [6.45, 7) is 8.38. The molecule has 33 heavy (non-hydrogen) atoms. The zero-order chi connectivity index (χ0) is 23.3. The molecular formula is C28H26N2O3. The van der Waals surface area contributed by atoms with E-state index in [1.54, 1.807) is 0 Å². The molecule has 0 bridgehead atoms. The van der Waals surface area contributed by atoms with Crippen LogP contribution < -0.4 is 0 Å². The standard InChI is InChI=1S/C28H26N2O3/c1-5-30-24-12-10-19(28(32)20-9-7-6-8-16(20)2)15-23(24)26-22-14-17(3)27(29-33-18(4)31)21(22)11-13-25(26)30/h6-13,15,17H,5,14H2,1-4H3/b29-27-. The average molecular weight is 439 g/mol. The lowest BCUT2D eigenvalue weighted by Gasteiger charge is -2.06. The number of ketones is 1. The first-order valence-corrected chi connectivity index (χ1v) is 11.3. The third-order valence-electron chi connectivity index (χ3n) is 6.63. The highest BCUT2D eigenvalue weighted by molar-refractivity contribution is 6.19. The molecule has 3 aromatic carbocycles. The van der Waals surface area contributed by atoms with Crippen LogP contribution in [0.4, 0.5) is 0 Å². The second-order valence-electron chi connectivity index (χ2n) is 8.77. The van der Waals surface area contributed by atoms with Crippen LogP contribution in [-0.2, 0) is 22.6 Å². The summed E-state index contributed by atoms with van der Waals surface area (Å²) in [7, 11) is 0. The Morgan fingerprint density at radius 2 is 1.85 bits per heavy atom. The van der Waals surface area contributed by atoms with Crippen molar-refractivity contribution in [2.24, 2.45) is 11.1 Å². The van der Waals surface area contributed by atoms with Crippen molar-refractivity contribution in [3.05, 3.63) is 82.4 Å². The Kier molecular flexibility index (Phi) is 5.12. The minimum atomic E-state index is -0.425. The van der Waals surface area contributed by atoms with Crippen molar-refractivity contribution in [1.82, 2.24) is 4.57 Å². The number of oxime groups is 1. The Labute approximate surface area is 192 Å². The van der Waals surface area contributed by atoms with E-state index < -0.39 is 5.97 Å². The summed E-state index contributed by atoms with van der Waals surface area (Å²) in [6.07, 6.45) is 0.811. The summed E-state index contributed by atoms with van der Waals surface area (Å²) >= 11 is 0. The smallest absolute Gasteiger partial charge is 0.331 e. The monoisotopic (exact) mass is 438 g/mol. The fourth-order valence-electron chi connectivity index (χ4n) is 5.10. The van der Waals surface area contributed by atoms with Gasteiger partial charge in [-0.1, -0.05) is 42.4 Å². The van der Waals surface area contributed by atoms with E-state index in [0.29, 0.717) is 5.56 Å². The maximum atomic E-state index is 13.3. The molecule has 1 unspecified atom stereocenters. The van der Waals surface area contributed by atoms with Crippen molar-refractivity contribution in [1.29, 1.82) is 0 Å². The summed E-state index contributed by atoms with van der Waals surface area (Å²) in [4.78, 5) is 29.7. The lowest BCUT2D eigenvalue weighted by atomic mass is 9.96. The number of carbonyl (C=O) groups excluding carboxylic acids is 2. The van der Waals surface area contributed by atoms with Crippen molar-refractivity contribution >= 4 is 39.3 Å². The van der Waals surface area contributed by atoms with E-state index >= 15 is 0 Å². The molecule has 1 heterocycles. The Morgan fingerprint density at radius 3 is 2.58 bits per heavy atom. The third-order valence-corrected chi connectivity index (χ3v) is 6.63. The first kappa shape index (κ1) is 21.1. The van der Waals surface area contributed by atoms with Gasteiger partial charge in [0.2, 0.25) is 0 Å². The molecule has 0 radical (unpaired) electrons. The van der Waals surface area contributed by atoms with Gasteiger partial charge in [0.25, 0.3) is 0 Å². The number of benzene rings is 3. The molecule has 0 spiro atoms. The van der Waals surface area contributed by atoms with Crippen LogP contribution in [0, 0.1) is 12.8 Å². The zero-order valence-electron chi connectivity index (χ0n) is 19.3. The number of nitrogens with zero attached hydrogens (tertiary/aromatic N) is 2. The van der Waals surface area contributed by atoms with Crippen molar-refractivity contribution in [2.45, 2.75) is 40.7 Å². The summed E-state index contributed by atoms with van der Waals surface area (Å²) in [5.74, 6) is -0.251. The number of rotatable bonds is 4. The van der Waals surface area contributed by atoms with Crippen LogP contribution in [0.3, 0.4) is 0 Å². The van der Waals surface area contributed by atoms with Gasteiger partial charge < -0.3 is 9.40 Å². The summed E-state index contributed by atoms with van der Waals surface area (Å²) in [5.41, 5.74) is 7.65. The van der Waals surface area contributed by atoms with Crippen LogP contribution in [0.2, 0.25) is 0 Å². The molecule has 5 rings (SSSR count). The molecule has 1 aromatic heterocycles. The molecule has 0 N–H and O–H groups in total. The Morgan fingerprint density at radius 1 is 1.09 bits per heavy atom. The Bertz CT molecular complexity index is 1480. The predicted octanol–water partition coefficient (Wildman–Crippen LogP) is 5.81. The van der Waals surface area contributed by atoms with Gasteiger partial charge in [0.05, 0.1) is 5.71 Å². The van der Waals surface area contributed by atoms with E-state index in [-0.39, 0.29) is 11.7 Å². The maximum Gasteiger partial charge on any atom is 0.331 e. The van der Waals surface area contributed by atoms with Crippen LogP contribution in [0.1, 0.15) is 53.4 Å². The third kappa shape index (κ3) is 3.35. The molecule has 1 aliphatic rings. The van der Waals surface area contributed by atoms with E-state index in [1.165, 1.54) is 12.5 Å². The molecule has 0 saturated carbocycles. The van der Waals surface area contributed by atoms with Crippen molar-refractivity contribution in [2.75, 3.05) is 0 Å². The van der Waals surface area contributed by atoms with Crippen LogP contribution in [0.5, 0.6) is 0 Å². The van der Waals surface area contributed by atoms with Gasteiger partial charge in [-0.15, -0.1) is 0 Å². The van der Waals surface area contributed by atoms with E-state index in [2.05, 4.69) is 41.8 Å². The second-order valence-corrected chi connectivity index (χ2v) is 8.77. The van der Waals surface area contributed by atoms with Gasteiger partial charge in [-0.05, 0) is 55.7 Å². The first-order valence-electron chi connectivity index (χ1n) is 11.3. The highest BCUT2D eigenvalue weighted by Gasteiger charge is 2.30. The minimum Gasteiger partial charge on any atom is -0.341 e. The molecule has 166 valence electrons. The molecular weight excluding hydrogens is 412 g/mol. The molecule has 1 atom stereocenters. The van der Waals surface area contributed by atoms with Crippen molar-refractivity contribution in [3.63, 3.8) is 0 Å². The largest absolute Gasteiger partial charge is 0.341 e. The zero-order valence-corrected chi connectivity index (χ0v) is 19.3. The molecule has 0 aliphatic heterocycles. The van der Waals surface area contributed by atoms with Crippen molar-refractivity contribution < 1.29 is 14.4 Å². The highest BCUT2D eigenvalue weighted by atomic mass is 16.7. The van der Waals surface area contributed by atoms with E-state index in [9.17, 15) is 9.59 Å². The SMILES string of the molecule is CCn1c2ccc(C(=O)c3ccccc3C)cc2c2c3c(ccc21)/C(=N\OC(C)=O)C(C)C3. The van der Waals surface area contributed by atoms with Gasteiger partial charge in [-0.2, -0.15) is 0 Å². The fourth-order valence-corrected chi connectivity index (χ4v) is 5.10. The van der Waals surface area contributed by atoms with E-state index in [0.717, 1.165) is 57.2 Å². The number of aromatic nitrogens is 1. The van der Waals surface area contributed by atoms with Crippen LogP contribution in [0.25, 0.3) is 21.8 Å². The number of hydrogen-bond donors (Lipinski definition) is 0. The van der Waals surface area contributed by atoms with E-state index in [1.807, 2.05) is 43.3 Å². The van der Waals surface area contributed by atoms with Gasteiger partial charge >= 0.3 is 5.97 Å². The molecule has 0 amide bonds. The highest BCUT2D eigenvalue weighted by Crippen LogP contribution is 2.39.